The average Bonchev–Trinajstić information content (AvgIpc) is 2.18. The van der Waals surface area contributed by atoms with Crippen LogP contribution in [0.5, 0.6) is 0 Å². The number of aryl methyl sites for hydroxylation is 1. The summed E-state index contributed by atoms with van der Waals surface area (Å²) in [5.41, 5.74) is -0.581. The molecule has 5 heteroatoms. The lowest BCUT2D eigenvalue weighted by molar-refractivity contribution is -0.138. The Kier molecular flexibility index (Phi) is 3.33. The van der Waals surface area contributed by atoms with Crippen LogP contribution < -0.4 is 0 Å². The molecule has 0 aliphatic heterocycles. The molecular weight excluding hydrogens is 219 g/mol. The second kappa shape index (κ2) is 4.35. The molecule has 0 saturated heterocycles. The number of nitriles is 1. The molecule has 0 aromatic heterocycles. The Morgan fingerprint density at radius 2 is 2.06 bits per heavy atom. The standard InChI is InChI=1S/C11H8F3NO/c1-7-4-9(6-16)8(2-3-15)5-10(7)11(12,13)14/h4-6H,2H2,1H3. The highest BCUT2D eigenvalue weighted by Gasteiger charge is 2.33. The van der Waals surface area contributed by atoms with Gasteiger partial charge in [0.15, 0.2) is 0 Å². The van der Waals surface area contributed by atoms with Gasteiger partial charge in [0.05, 0.1) is 18.1 Å². The fraction of sp³-hybridized carbons (Fsp3) is 0.273. The molecule has 0 aliphatic rings. The minimum atomic E-state index is -4.46. The van der Waals surface area contributed by atoms with Gasteiger partial charge in [-0.1, -0.05) is 0 Å². The van der Waals surface area contributed by atoms with Crippen molar-refractivity contribution in [3.05, 3.63) is 34.4 Å². The topological polar surface area (TPSA) is 40.9 Å². The van der Waals surface area contributed by atoms with Crippen LogP contribution in [0.4, 0.5) is 13.2 Å². The largest absolute Gasteiger partial charge is 0.416 e. The molecular formula is C11H8F3NO. The van der Waals surface area contributed by atoms with Crippen molar-refractivity contribution in [3.8, 4) is 6.07 Å². The summed E-state index contributed by atoms with van der Waals surface area (Å²) < 4.78 is 37.6. The molecule has 0 atom stereocenters. The number of rotatable bonds is 2. The van der Waals surface area contributed by atoms with E-state index >= 15 is 0 Å². The predicted octanol–water partition coefficient (Wildman–Crippen LogP) is 2.89. The molecule has 0 bridgehead atoms. The van der Waals surface area contributed by atoms with Gasteiger partial charge in [-0.15, -0.1) is 0 Å². The predicted molar refractivity (Wildman–Crippen MR) is 50.9 cm³/mol. The van der Waals surface area contributed by atoms with Crippen LogP contribution in [0.3, 0.4) is 0 Å². The van der Waals surface area contributed by atoms with Gasteiger partial charge in [-0.05, 0) is 30.2 Å². The Bertz CT molecular complexity index is 458. The zero-order valence-corrected chi connectivity index (χ0v) is 8.43. The fourth-order valence-corrected chi connectivity index (χ4v) is 1.43. The van der Waals surface area contributed by atoms with E-state index in [1.807, 2.05) is 0 Å². The first kappa shape index (κ1) is 12.2. The number of carbonyl (C=O) groups is 1. The molecule has 1 aromatic carbocycles. The average molecular weight is 227 g/mol. The van der Waals surface area contributed by atoms with Crippen molar-refractivity contribution in [1.82, 2.24) is 0 Å². The molecule has 0 saturated carbocycles. The highest BCUT2D eigenvalue weighted by Crippen LogP contribution is 2.33. The van der Waals surface area contributed by atoms with Crippen LogP contribution in [-0.4, -0.2) is 6.29 Å². The summed E-state index contributed by atoms with van der Waals surface area (Å²) in [5, 5.41) is 8.46. The van der Waals surface area contributed by atoms with E-state index in [4.69, 9.17) is 5.26 Å². The van der Waals surface area contributed by atoms with Gasteiger partial charge < -0.3 is 0 Å². The third kappa shape index (κ3) is 2.40. The van der Waals surface area contributed by atoms with Gasteiger partial charge in [0, 0.05) is 5.56 Å². The minimum absolute atomic E-state index is 0.0173. The fourth-order valence-electron chi connectivity index (χ4n) is 1.43. The molecule has 0 N–H and O–H groups in total. The maximum absolute atomic E-state index is 12.5. The lowest BCUT2D eigenvalue weighted by atomic mass is 9.98. The number of halogens is 3. The van der Waals surface area contributed by atoms with E-state index in [-0.39, 0.29) is 23.1 Å². The van der Waals surface area contributed by atoms with Gasteiger partial charge >= 0.3 is 6.18 Å². The zero-order chi connectivity index (χ0) is 12.3. The Morgan fingerprint density at radius 3 is 2.50 bits per heavy atom. The van der Waals surface area contributed by atoms with Crippen molar-refractivity contribution in [3.63, 3.8) is 0 Å². The smallest absolute Gasteiger partial charge is 0.298 e. The molecule has 2 nitrogen and oxygen atoms in total. The Balaban J connectivity index is 3.40. The molecule has 0 aliphatic carbocycles. The van der Waals surface area contributed by atoms with Gasteiger partial charge in [-0.25, -0.2) is 0 Å². The van der Waals surface area contributed by atoms with Crippen LogP contribution in [0, 0.1) is 18.3 Å². The van der Waals surface area contributed by atoms with E-state index in [9.17, 15) is 18.0 Å². The quantitative estimate of drug-likeness (QED) is 0.729. The zero-order valence-electron chi connectivity index (χ0n) is 8.43. The van der Waals surface area contributed by atoms with E-state index in [0.717, 1.165) is 12.1 Å². The second-order valence-corrected chi connectivity index (χ2v) is 3.32. The molecule has 0 unspecified atom stereocenters. The summed E-state index contributed by atoms with van der Waals surface area (Å²) in [7, 11) is 0. The van der Waals surface area contributed by atoms with Crippen molar-refractivity contribution < 1.29 is 18.0 Å². The van der Waals surface area contributed by atoms with Crippen molar-refractivity contribution in [2.75, 3.05) is 0 Å². The third-order valence-electron chi connectivity index (χ3n) is 2.19. The summed E-state index contributed by atoms with van der Waals surface area (Å²) in [6, 6.07) is 3.75. The summed E-state index contributed by atoms with van der Waals surface area (Å²) in [4.78, 5) is 10.6. The number of benzene rings is 1. The molecule has 84 valence electrons. The lowest BCUT2D eigenvalue weighted by Crippen LogP contribution is -2.09. The SMILES string of the molecule is Cc1cc(C=O)c(CC#N)cc1C(F)(F)F. The maximum Gasteiger partial charge on any atom is 0.416 e. The molecule has 1 aromatic rings. The highest BCUT2D eigenvalue weighted by molar-refractivity contribution is 5.78. The van der Waals surface area contributed by atoms with Gasteiger partial charge in [0.2, 0.25) is 0 Å². The Hall–Kier alpha value is -1.83. The van der Waals surface area contributed by atoms with Crippen LogP contribution in [0.15, 0.2) is 12.1 Å². The van der Waals surface area contributed by atoms with Crippen molar-refractivity contribution in [2.45, 2.75) is 19.5 Å². The molecule has 0 fully saturated rings. The van der Waals surface area contributed by atoms with Crippen molar-refractivity contribution in [1.29, 1.82) is 5.26 Å². The normalized spacial score (nSPS) is 10.9. The van der Waals surface area contributed by atoms with Crippen LogP contribution >= 0.6 is 0 Å². The number of nitrogens with zero attached hydrogens (tertiary/aromatic N) is 1. The Labute approximate surface area is 90.3 Å². The van der Waals surface area contributed by atoms with Crippen molar-refractivity contribution in [2.24, 2.45) is 0 Å². The van der Waals surface area contributed by atoms with E-state index < -0.39 is 11.7 Å². The molecule has 1 rings (SSSR count). The second-order valence-electron chi connectivity index (χ2n) is 3.32. The van der Waals surface area contributed by atoms with Crippen LogP contribution in [-0.2, 0) is 12.6 Å². The van der Waals surface area contributed by atoms with Crippen LogP contribution in [0.2, 0.25) is 0 Å². The monoisotopic (exact) mass is 227 g/mol. The summed E-state index contributed by atoms with van der Waals surface area (Å²) >= 11 is 0. The van der Waals surface area contributed by atoms with Crippen LogP contribution in [0.25, 0.3) is 0 Å². The summed E-state index contributed by atoms with van der Waals surface area (Å²) in [5.74, 6) is 0. The lowest BCUT2D eigenvalue weighted by Gasteiger charge is -2.12. The molecule has 0 radical (unpaired) electrons. The van der Waals surface area contributed by atoms with Gasteiger partial charge in [0.1, 0.15) is 6.29 Å². The van der Waals surface area contributed by atoms with E-state index in [1.54, 1.807) is 6.07 Å². The highest BCUT2D eigenvalue weighted by atomic mass is 19.4. The summed E-state index contributed by atoms with van der Waals surface area (Å²) in [6.45, 7) is 1.28. The molecule has 0 spiro atoms. The van der Waals surface area contributed by atoms with E-state index in [2.05, 4.69) is 0 Å². The molecule has 16 heavy (non-hydrogen) atoms. The third-order valence-corrected chi connectivity index (χ3v) is 2.19. The first-order valence-corrected chi connectivity index (χ1v) is 4.43. The number of aldehydes is 1. The summed E-state index contributed by atoms with van der Waals surface area (Å²) in [6.07, 6.45) is -4.22. The van der Waals surface area contributed by atoms with E-state index in [1.165, 1.54) is 6.92 Å². The maximum atomic E-state index is 12.5. The van der Waals surface area contributed by atoms with Crippen molar-refractivity contribution >= 4 is 6.29 Å². The number of hydrogen-bond acceptors (Lipinski definition) is 2. The Morgan fingerprint density at radius 1 is 1.44 bits per heavy atom. The molecule has 0 heterocycles. The first-order chi connectivity index (χ1) is 7.40. The number of hydrogen-bond donors (Lipinski definition) is 0. The van der Waals surface area contributed by atoms with Crippen LogP contribution in [0.1, 0.15) is 27.0 Å². The van der Waals surface area contributed by atoms with Gasteiger partial charge in [-0.3, -0.25) is 4.79 Å². The number of carbonyl (C=O) groups excluding carboxylic acids is 1. The van der Waals surface area contributed by atoms with Gasteiger partial charge in [0.25, 0.3) is 0 Å². The molecule has 0 amide bonds. The van der Waals surface area contributed by atoms with Gasteiger partial charge in [-0.2, -0.15) is 18.4 Å². The minimum Gasteiger partial charge on any atom is -0.298 e. The number of alkyl halides is 3. The first-order valence-electron chi connectivity index (χ1n) is 4.43. The van der Waals surface area contributed by atoms with E-state index in [0.29, 0.717) is 6.29 Å².